The minimum absolute atomic E-state index is 0.0303. The number of halogens is 1. The number of ether oxygens (including phenoxy) is 1. The van der Waals surface area contributed by atoms with Gasteiger partial charge in [0.15, 0.2) is 0 Å². The lowest BCUT2D eigenvalue weighted by Crippen LogP contribution is -2.33. The van der Waals surface area contributed by atoms with Crippen LogP contribution in [0.5, 0.6) is 11.5 Å². The van der Waals surface area contributed by atoms with Crippen molar-refractivity contribution in [3.63, 3.8) is 0 Å². The van der Waals surface area contributed by atoms with E-state index >= 15 is 0 Å². The number of nitro groups is 1. The molecule has 0 bridgehead atoms. The average Bonchev–Trinajstić information content (AvgIpc) is 3.72. The molecule has 0 spiro atoms. The van der Waals surface area contributed by atoms with Crippen LogP contribution in [-0.2, 0) is 10.0 Å². The van der Waals surface area contributed by atoms with E-state index in [9.17, 15) is 23.3 Å². The van der Waals surface area contributed by atoms with Crippen LogP contribution >= 0.6 is 11.6 Å². The van der Waals surface area contributed by atoms with Crippen LogP contribution in [-0.4, -0.2) is 85.3 Å². The van der Waals surface area contributed by atoms with Crippen molar-refractivity contribution in [3.05, 3.63) is 129 Å². The third-order valence-corrected chi connectivity index (χ3v) is 14.0. The number of aromatic amines is 1. The molecule has 8 rings (SSSR count). The molecule has 1 fully saturated rings. The smallest absolute Gasteiger partial charge is 0.293 e. The monoisotopic (exact) mass is 877 g/mol. The fraction of sp³-hybridized carbons (Fsp3) is 0.362. The summed E-state index contributed by atoms with van der Waals surface area (Å²) in [7, 11) is -2.48. The second-order valence-corrected chi connectivity index (χ2v) is 19.7. The van der Waals surface area contributed by atoms with E-state index in [1.165, 1.54) is 35.0 Å². The van der Waals surface area contributed by atoms with Crippen LogP contribution in [0.25, 0.3) is 22.2 Å². The number of H-pyrrole nitrogens is 1. The largest absolute Gasteiger partial charge is 0.455 e. The van der Waals surface area contributed by atoms with Gasteiger partial charge in [-0.1, -0.05) is 55.3 Å². The number of benzene rings is 3. The number of likely N-dealkylation sites (tertiary alicyclic amines) is 1. The Labute approximate surface area is 367 Å². The standard InChI is InChI=1S/C47H52ClN7O6S/c1-47(2)18-12-36(41(27-47)33-4-7-37(48)8-5-33)30-54-22-16-32(17-23-54)34-6-10-40(44(25-34)61-38-24-35-13-19-49-45(35)51-29-38)46(56)52-62(59,60)39-9-11-42(43(26-39)55(57)58)50-28-31-14-20-53(3)21-15-31/h4-11,13,16,19,24-26,29,31,50H,12,14-15,17-18,20-23,27-28,30H2,1-3H3,(H,49,51)(H,52,56). The molecule has 3 aliphatic rings. The molecule has 1 aliphatic carbocycles. The highest BCUT2D eigenvalue weighted by molar-refractivity contribution is 7.90. The molecule has 0 saturated carbocycles. The van der Waals surface area contributed by atoms with Gasteiger partial charge < -0.3 is 19.9 Å². The van der Waals surface area contributed by atoms with Crippen molar-refractivity contribution in [3.8, 4) is 11.5 Å². The van der Waals surface area contributed by atoms with E-state index in [1.807, 2.05) is 18.2 Å². The first-order valence-electron chi connectivity index (χ1n) is 21.1. The predicted octanol–water partition coefficient (Wildman–Crippen LogP) is 9.54. The first-order chi connectivity index (χ1) is 29.7. The fourth-order valence-electron chi connectivity index (χ4n) is 8.68. The van der Waals surface area contributed by atoms with Crippen LogP contribution in [0, 0.1) is 21.4 Å². The van der Waals surface area contributed by atoms with Crippen LogP contribution in [0.3, 0.4) is 0 Å². The maximum Gasteiger partial charge on any atom is 0.293 e. The number of hydrogen-bond acceptors (Lipinski definition) is 10. The first kappa shape index (κ1) is 43.1. The van der Waals surface area contributed by atoms with Gasteiger partial charge in [-0.3, -0.25) is 19.8 Å². The molecule has 324 valence electrons. The molecule has 2 aromatic heterocycles. The number of rotatable bonds is 13. The lowest BCUT2D eigenvalue weighted by Gasteiger charge is -2.36. The van der Waals surface area contributed by atoms with Gasteiger partial charge in [0, 0.05) is 48.9 Å². The summed E-state index contributed by atoms with van der Waals surface area (Å²) >= 11 is 6.24. The number of pyridine rings is 1. The summed E-state index contributed by atoms with van der Waals surface area (Å²) in [5, 5.41) is 16.8. The molecule has 1 saturated heterocycles. The molecular formula is C47H52ClN7O6S. The molecule has 0 radical (unpaired) electrons. The van der Waals surface area contributed by atoms with E-state index < -0.39 is 31.4 Å². The van der Waals surface area contributed by atoms with E-state index in [4.69, 9.17) is 16.3 Å². The molecule has 1 amide bonds. The lowest BCUT2D eigenvalue weighted by molar-refractivity contribution is -0.384. The first-order valence-corrected chi connectivity index (χ1v) is 23.0. The zero-order chi connectivity index (χ0) is 43.6. The number of amides is 1. The number of allylic oxidation sites excluding steroid dienone is 1. The summed E-state index contributed by atoms with van der Waals surface area (Å²) in [5.41, 5.74) is 6.70. The van der Waals surface area contributed by atoms with E-state index in [-0.39, 0.29) is 22.4 Å². The second-order valence-electron chi connectivity index (χ2n) is 17.5. The van der Waals surface area contributed by atoms with Gasteiger partial charge in [0.05, 0.1) is 21.6 Å². The molecule has 2 aliphatic heterocycles. The molecule has 5 aromatic rings. The Balaban J connectivity index is 1.02. The Hall–Kier alpha value is -5.54. The van der Waals surface area contributed by atoms with E-state index in [2.05, 4.69) is 68.9 Å². The summed E-state index contributed by atoms with van der Waals surface area (Å²) in [5.74, 6) is -0.113. The van der Waals surface area contributed by atoms with E-state index in [1.54, 1.807) is 30.5 Å². The quantitative estimate of drug-likeness (QED) is 0.0767. The number of anilines is 1. The maximum absolute atomic E-state index is 13.9. The lowest BCUT2D eigenvalue weighted by atomic mass is 9.72. The van der Waals surface area contributed by atoms with Gasteiger partial charge >= 0.3 is 0 Å². The van der Waals surface area contributed by atoms with E-state index in [0.717, 1.165) is 98.9 Å². The number of hydrogen-bond donors (Lipinski definition) is 3. The number of aromatic nitrogens is 2. The fourth-order valence-corrected chi connectivity index (χ4v) is 9.79. The van der Waals surface area contributed by atoms with Crippen molar-refractivity contribution >= 4 is 61.1 Å². The van der Waals surface area contributed by atoms with Crippen LogP contribution in [0.2, 0.25) is 5.02 Å². The number of nitrogens with zero attached hydrogens (tertiary/aromatic N) is 4. The number of carbonyl (C=O) groups is 1. The summed E-state index contributed by atoms with van der Waals surface area (Å²) in [4.78, 5) is 37.2. The van der Waals surface area contributed by atoms with Gasteiger partial charge in [-0.2, -0.15) is 0 Å². The highest BCUT2D eigenvalue weighted by Crippen LogP contribution is 2.44. The van der Waals surface area contributed by atoms with Crippen molar-refractivity contribution in [1.82, 2.24) is 24.5 Å². The Bertz CT molecular complexity index is 2670. The van der Waals surface area contributed by atoms with Crippen molar-refractivity contribution in [2.75, 3.05) is 51.6 Å². The molecule has 4 heterocycles. The Morgan fingerprint density at radius 1 is 1.02 bits per heavy atom. The van der Waals surface area contributed by atoms with Crippen molar-refractivity contribution in [2.24, 2.45) is 11.3 Å². The Kier molecular flexibility index (Phi) is 12.6. The molecular weight excluding hydrogens is 826 g/mol. The van der Waals surface area contributed by atoms with Gasteiger partial charge in [0.1, 0.15) is 22.8 Å². The number of carbonyl (C=O) groups excluding carboxylic acids is 1. The third kappa shape index (κ3) is 10.0. The zero-order valence-electron chi connectivity index (χ0n) is 35.2. The Morgan fingerprint density at radius 3 is 2.53 bits per heavy atom. The number of sulfonamides is 1. The SMILES string of the molecule is CN1CCC(CNc2ccc(S(=O)(=O)NC(=O)c3ccc(C4=CCN(CC5=C(c6ccc(Cl)cc6)CC(C)(C)CC5)CC4)cc3Oc3cnc4[nH]ccc4c3)cc2[N+](=O)[O-])CC1. The van der Waals surface area contributed by atoms with Crippen molar-refractivity contribution in [1.29, 1.82) is 0 Å². The summed E-state index contributed by atoms with van der Waals surface area (Å²) in [6.07, 6.45) is 11.4. The second kappa shape index (κ2) is 18.1. The van der Waals surface area contributed by atoms with Crippen LogP contribution in [0.1, 0.15) is 73.9 Å². The summed E-state index contributed by atoms with van der Waals surface area (Å²) in [6.45, 7) is 9.52. The molecule has 3 aromatic carbocycles. The maximum atomic E-state index is 13.9. The average molecular weight is 878 g/mol. The molecule has 15 heteroatoms. The Morgan fingerprint density at radius 2 is 1.79 bits per heavy atom. The normalized spacial score (nSPS) is 17.8. The predicted molar refractivity (Wildman–Crippen MR) is 244 cm³/mol. The molecule has 62 heavy (non-hydrogen) atoms. The molecule has 3 N–H and O–H groups in total. The summed E-state index contributed by atoms with van der Waals surface area (Å²) in [6, 6.07) is 20.5. The highest BCUT2D eigenvalue weighted by Gasteiger charge is 2.30. The van der Waals surface area contributed by atoms with Gasteiger partial charge in [-0.05, 0) is 141 Å². The number of fused-ring (bicyclic) bond motifs is 1. The third-order valence-electron chi connectivity index (χ3n) is 12.4. The van der Waals surface area contributed by atoms with Crippen LogP contribution in [0.15, 0.2) is 102 Å². The van der Waals surface area contributed by atoms with Gasteiger partial charge in [-0.15, -0.1) is 0 Å². The molecule has 0 atom stereocenters. The van der Waals surface area contributed by atoms with E-state index in [0.29, 0.717) is 23.9 Å². The van der Waals surface area contributed by atoms with Gasteiger partial charge in [-0.25, -0.2) is 18.1 Å². The van der Waals surface area contributed by atoms with Crippen LogP contribution in [0.4, 0.5) is 11.4 Å². The number of nitrogens with one attached hydrogen (secondary N) is 3. The van der Waals surface area contributed by atoms with Crippen LogP contribution < -0.4 is 14.8 Å². The topological polar surface area (TPSA) is 163 Å². The molecule has 0 unspecified atom stereocenters. The van der Waals surface area contributed by atoms with Gasteiger partial charge in [0.25, 0.3) is 21.6 Å². The molecule has 13 nitrogen and oxygen atoms in total. The van der Waals surface area contributed by atoms with Crippen molar-refractivity contribution in [2.45, 2.75) is 57.3 Å². The number of nitro benzene ring substituents is 1. The summed E-state index contributed by atoms with van der Waals surface area (Å²) < 4.78 is 35.9. The van der Waals surface area contributed by atoms with Gasteiger partial charge in [0.2, 0.25) is 0 Å². The number of piperidine rings is 1. The zero-order valence-corrected chi connectivity index (χ0v) is 36.8. The minimum atomic E-state index is -4.55. The van der Waals surface area contributed by atoms with Crippen molar-refractivity contribution < 1.29 is 22.9 Å². The minimum Gasteiger partial charge on any atom is -0.455 e. The highest BCUT2D eigenvalue weighted by atomic mass is 35.5.